The summed E-state index contributed by atoms with van der Waals surface area (Å²) in [6.45, 7) is 2.34. The Morgan fingerprint density at radius 2 is 1.83 bits per heavy atom. The fourth-order valence-corrected chi connectivity index (χ4v) is 2.10. The van der Waals surface area contributed by atoms with Crippen LogP contribution in [0.3, 0.4) is 0 Å². The lowest BCUT2D eigenvalue weighted by Crippen LogP contribution is -2.37. The van der Waals surface area contributed by atoms with Gasteiger partial charge in [0.1, 0.15) is 0 Å². The molecule has 7 heteroatoms. The molecule has 2 aromatic rings. The Morgan fingerprint density at radius 3 is 2.46 bits per heavy atom. The predicted octanol–water partition coefficient (Wildman–Crippen LogP) is 2.14. The Bertz CT molecular complexity index is 723. The van der Waals surface area contributed by atoms with Crippen molar-refractivity contribution in [3.8, 4) is 0 Å². The maximum Gasteiger partial charge on any atom is 0.251 e. The van der Waals surface area contributed by atoms with Crippen LogP contribution in [-0.2, 0) is 11.3 Å². The van der Waals surface area contributed by atoms with E-state index in [0.29, 0.717) is 13.1 Å². The molecule has 1 aromatic carbocycles. The Kier molecular flexibility index (Phi) is 5.95. The van der Waals surface area contributed by atoms with Gasteiger partial charge in [-0.1, -0.05) is 0 Å². The Hall–Kier alpha value is -2.83. The van der Waals surface area contributed by atoms with Crippen LogP contribution in [-0.4, -0.2) is 34.8 Å². The number of carbonyl (C=O) groups excluding carboxylic acids is 2. The molecule has 0 saturated carbocycles. The van der Waals surface area contributed by atoms with Gasteiger partial charge in [0, 0.05) is 44.5 Å². The van der Waals surface area contributed by atoms with Crippen molar-refractivity contribution in [1.82, 2.24) is 15.2 Å². The van der Waals surface area contributed by atoms with E-state index in [1.807, 2.05) is 0 Å². The first-order valence-corrected chi connectivity index (χ1v) is 7.35. The third kappa shape index (κ3) is 4.84. The highest BCUT2D eigenvalue weighted by Crippen LogP contribution is 2.08. The zero-order valence-corrected chi connectivity index (χ0v) is 13.1. The lowest BCUT2D eigenvalue weighted by molar-refractivity contribution is -0.129. The van der Waals surface area contributed by atoms with Crippen molar-refractivity contribution in [3.05, 3.63) is 65.5 Å². The molecule has 0 bridgehead atoms. The van der Waals surface area contributed by atoms with Gasteiger partial charge in [-0.05, 0) is 35.9 Å². The van der Waals surface area contributed by atoms with E-state index in [4.69, 9.17) is 0 Å². The van der Waals surface area contributed by atoms with Crippen molar-refractivity contribution in [3.63, 3.8) is 0 Å². The second-order valence-corrected chi connectivity index (χ2v) is 5.18. The maximum absolute atomic E-state index is 13.1. The highest BCUT2D eigenvalue weighted by atomic mass is 19.2. The molecular weight excluding hydrogens is 316 g/mol. The molecule has 1 aromatic heterocycles. The largest absolute Gasteiger partial charge is 0.350 e. The van der Waals surface area contributed by atoms with Crippen LogP contribution in [0, 0.1) is 11.6 Å². The first-order valence-electron chi connectivity index (χ1n) is 7.35. The molecule has 5 nitrogen and oxygen atoms in total. The topological polar surface area (TPSA) is 62.3 Å². The van der Waals surface area contributed by atoms with Gasteiger partial charge in [0.15, 0.2) is 11.6 Å². The summed E-state index contributed by atoms with van der Waals surface area (Å²) in [7, 11) is 0. The minimum atomic E-state index is -1.08. The molecule has 0 aliphatic rings. The molecule has 2 amide bonds. The lowest BCUT2D eigenvalue weighted by atomic mass is 10.2. The number of amides is 2. The van der Waals surface area contributed by atoms with Crippen LogP contribution in [0.25, 0.3) is 0 Å². The van der Waals surface area contributed by atoms with E-state index in [9.17, 15) is 18.4 Å². The van der Waals surface area contributed by atoms with E-state index in [2.05, 4.69) is 10.3 Å². The minimum absolute atomic E-state index is 0.0254. The van der Waals surface area contributed by atoms with E-state index in [1.165, 1.54) is 13.0 Å². The van der Waals surface area contributed by atoms with Gasteiger partial charge in [0.25, 0.3) is 5.91 Å². The van der Waals surface area contributed by atoms with Gasteiger partial charge in [-0.25, -0.2) is 8.78 Å². The summed E-state index contributed by atoms with van der Waals surface area (Å²) < 4.78 is 26.0. The number of halogens is 2. The standard InChI is InChI=1S/C17H17F2N3O2/c1-12(23)22(11-13-4-6-20-7-5-13)9-8-21-17(24)14-2-3-15(18)16(19)10-14/h2-7,10H,8-9,11H2,1H3,(H,21,24). The number of hydrogen-bond donors (Lipinski definition) is 1. The number of pyridine rings is 1. The summed E-state index contributed by atoms with van der Waals surface area (Å²) in [5.74, 6) is -2.74. The number of carbonyl (C=O) groups is 2. The van der Waals surface area contributed by atoms with Crippen molar-refractivity contribution in [1.29, 1.82) is 0 Å². The average molecular weight is 333 g/mol. The second kappa shape index (κ2) is 8.14. The van der Waals surface area contributed by atoms with Gasteiger partial charge in [0.2, 0.25) is 5.91 Å². The molecule has 0 spiro atoms. The quantitative estimate of drug-likeness (QED) is 0.881. The fraction of sp³-hybridized carbons (Fsp3) is 0.235. The summed E-state index contributed by atoms with van der Waals surface area (Å²) in [6.07, 6.45) is 3.27. The lowest BCUT2D eigenvalue weighted by Gasteiger charge is -2.21. The highest BCUT2D eigenvalue weighted by molar-refractivity contribution is 5.94. The van der Waals surface area contributed by atoms with Gasteiger partial charge in [-0.2, -0.15) is 0 Å². The molecule has 1 heterocycles. The normalized spacial score (nSPS) is 10.3. The summed E-state index contributed by atoms with van der Waals surface area (Å²) in [5, 5.41) is 2.58. The van der Waals surface area contributed by atoms with Crippen molar-refractivity contribution >= 4 is 11.8 Å². The Morgan fingerprint density at radius 1 is 1.12 bits per heavy atom. The SMILES string of the molecule is CC(=O)N(CCNC(=O)c1ccc(F)c(F)c1)Cc1ccncc1. The Balaban J connectivity index is 1.89. The highest BCUT2D eigenvalue weighted by Gasteiger charge is 2.12. The molecule has 0 fully saturated rings. The van der Waals surface area contributed by atoms with Gasteiger partial charge in [0.05, 0.1) is 0 Å². The first-order chi connectivity index (χ1) is 11.5. The van der Waals surface area contributed by atoms with E-state index < -0.39 is 17.5 Å². The van der Waals surface area contributed by atoms with Gasteiger partial charge >= 0.3 is 0 Å². The molecule has 126 valence electrons. The van der Waals surface area contributed by atoms with Crippen molar-refractivity contribution in [2.45, 2.75) is 13.5 Å². The average Bonchev–Trinajstić information content (AvgIpc) is 2.57. The van der Waals surface area contributed by atoms with E-state index in [-0.39, 0.29) is 18.0 Å². The number of hydrogen-bond acceptors (Lipinski definition) is 3. The molecule has 24 heavy (non-hydrogen) atoms. The van der Waals surface area contributed by atoms with Crippen LogP contribution in [0.4, 0.5) is 8.78 Å². The van der Waals surface area contributed by atoms with Crippen molar-refractivity contribution < 1.29 is 18.4 Å². The van der Waals surface area contributed by atoms with Crippen LogP contribution in [0.1, 0.15) is 22.8 Å². The van der Waals surface area contributed by atoms with Gasteiger partial charge in [-0.15, -0.1) is 0 Å². The molecule has 2 rings (SSSR count). The molecule has 0 atom stereocenters. The van der Waals surface area contributed by atoms with Crippen LogP contribution < -0.4 is 5.32 Å². The predicted molar refractivity (Wildman–Crippen MR) is 84.0 cm³/mol. The third-order valence-electron chi connectivity index (χ3n) is 3.42. The van der Waals surface area contributed by atoms with E-state index in [1.54, 1.807) is 29.4 Å². The fourth-order valence-electron chi connectivity index (χ4n) is 2.10. The monoisotopic (exact) mass is 333 g/mol. The van der Waals surface area contributed by atoms with Crippen LogP contribution in [0.15, 0.2) is 42.7 Å². The zero-order valence-electron chi connectivity index (χ0n) is 13.1. The number of nitrogens with one attached hydrogen (secondary N) is 1. The van der Waals surface area contributed by atoms with E-state index in [0.717, 1.165) is 17.7 Å². The van der Waals surface area contributed by atoms with E-state index >= 15 is 0 Å². The van der Waals surface area contributed by atoms with Crippen LogP contribution in [0.5, 0.6) is 0 Å². The molecule has 0 unspecified atom stereocenters. The summed E-state index contributed by atoms with van der Waals surface area (Å²) >= 11 is 0. The minimum Gasteiger partial charge on any atom is -0.350 e. The molecule has 0 aliphatic carbocycles. The van der Waals surface area contributed by atoms with Gasteiger partial charge < -0.3 is 10.2 Å². The van der Waals surface area contributed by atoms with Gasteiger partial charge in [-0.3, -0.25) is 14.6 Å². The smallest absolute Gasteiger partial charge is 0.251 e. The van der Waals surface area contributed by atoms with Crippen molar-refractivity contribution in [2.24, 2.45) is 0 Å². The molecular formula is C17H17F2N3O2. The number of nitrogens with zero attached hydrogens (tertiary/aromatic N) is 2. The summed E-state index contributed by atoms with van der Waals surface area (Å²) in [6, 6.07) is 6.54. The molecule has 0 radical (unpaired) electrons. The Labute approximate surface area is 138 Å². The van der Waals surface area contributed by atoms with Crippen LogP contribution >= 0.6 is 0 Å². The number of rotatable bonds is 6. The molecule has 0 saturated heterocycles. The second-order valence-electron chi connectivity index (χ2n) is 5.18. The molecule has 1 N–H and O–H groups in total. The van der Waals surface area contributed by atoms with Crippen molar-refractivity contribution in [2.75, 3.05) is 13.1 Å². The summed E-state index contributed by atoms with van der Waals surface area (Å²) in [4.78, 5) is 29.1. The third-order valence-corrected chi connectivity index (χ3v) is 3.42. The zero-order chi connectivity index (χ0) is 17.5. The number of aromatic nitrogens is 1. The maximum atomic E-state index is 13.1. The summed E-state index contributed by atoms with van der Waals surface area (Å²) in [5.41, 5.74) is 0.949. The van der Waals surface area contributed by atoms with Crippen LogP contribution in [0.2, 0.25) is 0 Å². The first kappa shape index (κ1) is 17.5. The molecule has 0 aliphatic heterocycles. The number of benzene rings is 1.